The van der Waals surface area contributed by atoms with Crippen molar-refractivity contribution in [2.75, 3.05) is 20.8 Å². The Balaban J connectivity index is 2.64. The van der Waals surface area contributed by atoms with Gasteiger partial charge in [0.1, 0.15) is 0 Å². The minimum atomic E-state index is -1.16. The number of ether oxygens (including phenoxy) is 2. The molecule has 0 spiro atoms. The third kappa shape index (κ3) is 4.09. The summed E-state index contributed by atoms with van der Waals surface area (Å²) in [6, 6.07) is 8.46. The summed E-state index contributed by atoms with van der Waals surface area (Å²) in [5.41, 5.74) is 0.441. The van der Waals surface area contributed by atoms with Crippen LogP contribution in [0.3, 0.4) is 0 Å². The molecule has 0 aliphatic heterocycles. The molecule has 0 aliphatic rings. The molecule has 102 valence electrons. The van der Waals surface area contributed by atoms with Crippen molar-refractivity contribution in [3.05, 3.63) is 35.9 Å². The van der Waals surface area contributed by atoms with Crippen LogP contribution in [0.15, 0.2) is 30.3 Å². The van der Waals surface area contributed by atoms with Gasteiger partial charge in [0.25, 0.3) is 5.91 Å². The van der Waals surface area contributed by atoms with E-state index in [1.807, 2.05) is 0 Å². The minimum absolute atomic E-state index is 0.174. The lowest BCUT2D eigenvalue weighted by molar-refractivity contribution is -0.158. The molecule has 1 aromatic carbocycles. The molecular weight excluding hydrogens is 250 g/mol. The Labute approximate surface area is 110 Å². The zero-order valence-corrected chi connectivity index (χ0v) is 10.7. The van der Waals surface area contributed by atoms with E-state index in [-0.39, 0.29) is 12.5 Å². The van der Waals surface area contributed by atoms with Crippen LogP contribution >= 0.6 is 0 Å². The van der Waals surface area contributed by atoms with E-state index >= 15 is 0 Å². The van der Waals surface area contributed by atoms with Crippen LogP contribution in [0.2, 0.25) is 0 Å². The Bertz CT molecular complexity index is 441. The number of carbonyl (C=O) groups is 3. The molecule has 0 heterocycles. The predicted molar refractivity (Wildman–Crippen MR) is 66.3 cm³/mol. The molecule has 0 radical (unpaired) electrons. The highest BCUT2D eigenvalue weighted by Gasteiger charge is 2.29. The Hall–Kier alpha value is -2.37. The second-order valence-electron chi connectivity index (χ2n) is 3.67. The van der Waals surface area contributed by atoms with Crippen molar-refractivity contribution in [2.24, 2.45) is 5.92 Å². The molecule has 0 saturated carbocycles. The first kappa shape index (κ1) is 14.7. The zero-order valence-electron chi connectivity index (χ0n) is 10.7. The molecule has 6 nitrogen and oxygen atoms in total. The van der Waals surface area contributed by atoms with E-state index < -0.39 is 17.9 Å². The Kier molecular flexibility index (Phi) is 5.53. The highest BCUT2D eigenvalue weighted by atomic mass is 16.5. The maximum atomic E-state index is 11.8. The smallest absolute Gasteiger partial charge is 0.321 e. The standard InChI is InChI=1S/C13H15NO5/c1-18-12(16)10(13(17)19-2)8-14-11(15)9-6-4-3-5-7-9/h3-7,10H,8H2,1-2H3,(H,14,15). The molecule has 0 aromatic heterocycles. The summed E-state index contributed by atoms with van der Waals surface area (Å²) in [5.74, 6) is -3.04. The molecular formula is C13H15NO5. The number of methoxy groups -OCH3 is 2. The summed E-state index contributed by atoms with van der Waals surface area (Å²) in [4.78, 5) is 34.5. The van der Waals surface area contributed by atoms with Crippen molar-refractivity contribution < 1.29 is 23.9 Å². The van der Waals surface area contributed by atoms with Gasteiger partial charge in [-0.15, -0.1) is 0 Å². The molecule has 19 heavy (non-hydrogen) atoms. The average molecular weight is 265 g/mol. The van der Waals surface area contributed by atoms with E-state index in [1.54, 1.807) is 30.3 Å². The molecule has 0 fully saturated rings. The monoisotopic (exact) mass is 265 g/mol. The fourth-order valence-corrected chi connectivity index (χ4v) is 1.43. The maximum Gasteiger partial charge on any atom is 0.321 e. The zero-order chi connectivity index (χ0) is 14.3. The van der Waals surface area contributed by atoms with Crippen LogP contribution in [0.5, 0.6) is 0 Å². The summed E-state index contributed by atoms with van der Waals surface area (Å²) in [5, 5.41) is 2.49. The Morgan fingerprint density at radius 2 is 1.58 bits per heavy atom. The molecule has 6 heteroatoms. The number of rotatable bonds is 5. The first-order valence-corrected chi connectivity index (χ1v) is 5.59. The average Bonchev–Trinajstić information content (AvgIpc) is 2.47. The normalized spacial score (nSPS) is 9.84. The van der Waals surface area contributed by atoms with E-state index in [0.29, 0.717) is 5.56 Å². The van der Waals surface area contributed by atoms with Gasteiger partial charge in [0, 0.05) is 12.1 Å². The first-order chi connectivity index (χ1) is 9.10. The topological polar surface area (TPSA) is 81.7 Å². The van der Waals surface area contributed by atoms with Crippen LogP contribution in [0.25, 0.3) is 0 Å². The second kappa shape index (κ2) is 7.15. The van der Waals surface area contributed by atoms with Gasteiger partial charge in [0.05, 0.1) is 14.2 Å². The highest BCUT2D eigenvalue weighted by Crippen LogP contribution is 2.03. The van der Waals surface area contributed by atoms with E-state index in [0.717, 1.165) is 14.2 Å². The van der Waals surface area contributed by atoms with Gasteiger partial charge in [-0.1, -0.05) is 18.2 Å². The van der Waals surface area contributed by atoms with Crippen LogP contribution in [0.4, 0.5) is 0 Å². The van der Waals surface area contributed by atoms with E-state index in [1.165, 1.54) is 0 Å². The van der Waals surface area contributed by atoms with Crippen molar-refractivity contribution in [1.82, 2.24) is 5.32 Å². The molecule has 0 saturated heterocycles. The van der Waals surface area contributed by atoms with Crippen molar-refractivity contribution in [1.29, 1.82) is 0 Å². The molecule has 1 rings (SSSR count). The number of amides is 1. The van der Waals surface area contributed by atoms with Crippen LogP contribution in [-0.4, -0.2) is 38.6 Å². The summed E-state index contributed by atoms with van der Waals surface area (Å²) >= 11 is 0. The van der Waals surface area contributed by atoms with Gasteiger partial charge in [0.15, 0.2) is 5.92 Å². The summed E-state index contributed by atoms with van der Waals surface area (Å²) in [6.45, 7) is -0.174. The van der Waals surface area contributed by atoms with Gasteiger partial charge in [-0.2, -0.15) is 0 Å². The summed E-state index contributed by atoms with van der Waals surface area (Å²) in [7, 11) is 2.33. The molecule has 1 N–H and O–H groups in total. The van der Waals surface area contributed by atoms with Gasteiger partial charge in [-0.05, 0) is 12.1 Å². The maximum absolute atomic E-state index is 11.8. The fourth-order valence-electron chi connectivity index (χ4n) is 1.43. The van der Waals surface area contributed by atoms with E-state index in [9.17, 15) is 14.4 Å². The Morgan fingerprint density at radius 3 is 2.05 bits per heavy atom. The van der Waals surface area contributed by atoms with Crippen LogP contribution in [0, 0.1) is 5.92 Å². The largest absolute Gasteiger partial charge is 0.468 e. The lowest BCUT2D eigenvalue weighted by atomic mass is 10.1. The van der Waals surface area contributed by atoms with Crippen LogP contribution in [0.1, 0.15) is 10.4 Å². The van der Waals surface area contributed by atoms with Gasteiger partial charge in [-0.3, -0.25) is 14.4 Å². The molecule has 0 unspecified atom stereocenters. The van der Waals surface area contributed by atoms with E-state index in [4.69, 9.17) is 0 Å². The molecule has 0 aliphatic carbocycles. The van der Waals surface area contributed by atoms with E-state index in [2.05, 4.69) is 14.8 Å². The fraction of sp³-hybridized carbons (Fsp3) is 0.308. The lowest BCUT2D eigenvalue weighted by Crippen LogP contribution is -2.38. The number of hydrogen-bond acceptors (Lipinski definition) is 5. The molecule has 0 atom stereocenters. The number of benzene rings is 1. The Morgan fingerprint density at radius 1 is 1.05 bits per heavy atom. The van der Waals surface area contributed by atoms with Crippen molar-refractivity contribution in [2.45, 2.75) is 0 Å². The predicted octanol–water partition coefficient (Wildman–Crippen LogP) is 0.379. The lowest BCUT2D eigenvalue weighted by Gasteiger charge is -2.13. The van der Waals surface area contributed by atoms with Crippen LogP contribution in [-0.2, 0) is 19.1 Å². The van der Waals surface area contributed by atoms with Crippen LogP contribution < -0.4 is 5.32 Å². The number of carbonyl (C=O) groups excluding carboxylic acids is 3. The summed E-state index contributed by atoms with van der Waals surface area (Å²) < 4.78 is 8.96. The quantitative estimate of drug-likeness (QED) is 0.614. The number of nitrogens with one attached hydrogen (secondary N) is 1. The van der Waals surface area contributed by atoms with Gasteiger partial charge in [-0.25, -0.2) is 0 Å². The van der Waals surface area contributed by atoms with Crippen molar-refractivity contribution >= 4 is 17.8 Å². The number of hydrogen-bond donors (Lipinski definition) is 1. The molecule has 0 bridgehead atoms. The molecule has 1 amide bonds. The van der Waals surface area contributed by atoms with Gasteiger partial charge < -0.3 is 14.8 Å². The van der Waals surface area contributed by atoms with Crippen molar-refractivity contribution in [3.63, 3.8) is 0 Å². The SMILES string of the molecule is COC(=O)C(CNC(=O)c1ccccc1)C(=O)OC. The molecule has 1 aromatic rings. The minimum Gasteiger partial charge on any atom is -0.468 e. The first-order valence-electron chi connectivity index (χ1n) is 5.59. The summed E-state index contributed by atoms with van der Waals surface area (Å²) in [6.07, 6.45) is 0. The number of esters is 2. The van der Waals surface area contributed by atoms with Gasteiger partial charge in [0.2, 0.25) is 0 Å². The highest BCUT2D eigenvalue weighted by molar-refractivity contribution is 5.97. The second-order valence-corrected chi connectivity index (χ2v) is 3.67. The third-order valence-corrected chi connectivity index (χ3v) is 2.47. The third-order valence-electron chi connectivity index (χ3n) is 2.47. The van der Waals surface area contributed by atoms with Gasteiger partial charge >= 0.3 is 11.9 Å². The van der Waals surface area contributed by atoms with Crippen molar-refractivity contribution in [3.8, 4) is 0 Å².